The van der Waals surface area contributed by atoms with Crippen molar-refractivity contribution < 1.29 is 27.1 Å². The van der Waals surface area contributed by atoms with Crippen molar-refractivity contribution in [3.63, 3.8) is 0 Å². The van der Waals surface area contributed by atoms with Crippen molar-refractivity contribution >= 4 is 27.5 Å². The number of benzene rings is 3. The third kappa shape index (κ3) is 7.29. The van der Waals surface area contributed by atoms with Gasteiger partial charge in [-0.15, -0.1) is 0 Å². The molecule has 2 amide bonds. The highest BCUT2D eigenvalue weighted by molar-refractivity contribution is 7.92. The number of amides is 2. The zero-order valence-electron chi connectivity index (χ0n) is 20.0. The highest BCUT2D eigenvalue weighted by atomic mass is 32.2. The van der Waals surface area contributed by atoms with E-state index in [4.69, 9.17) is 4.74 Å². The quantitative estimate of drug-likeness (QED) is 0.408. The van der Waals surface area contributed by atoms with Gasteiger partial charge in [-0.1, -0.05) is 30.3 Å². The van der Waals surface area contributed by atoms with E-state index in [0.29, 0.717) is 6.54 Å². The van der Waals surface area contributed by atoms with Gasteiger partial charge in [0, 0.05) is 18.8 Å². The van der Waals surface area contributed by atoms with Crippen molar-refractivity contribution in [1.29, 1.82) is 0 Å². The van der Waals surface area contributed by atoms with Crippen molar-refractivity contribution in [1.82, 2.24) is 10.2 Å². The van der Waals surface area contributed by atoms with Crippen LogP contribution in [0.15, 0.2) is 83.8 Å². The Hall–Kier alpha value is -3.92. The summed E-state index contributed by atoms with van der Waals surface area (Å²) < 4.78 is 46.2. The first-order valence-electron chi connectivity index (χ1n) is 11.3. The maximum Gasteiger partial charge on any atom is 0.261 e. The van der Waals surface area contributed by atoms with Crippen molar-refractivity contribution in [3.8, 4) is 5.75 Å². The number of carbonyl (C=O) groups is 2. The second-order valence-corrected chi connectivity index (χ2v) is 9.63. The van der Waals surface area contributed by atoms with Crippen LogP contribution in [0.1, 0.15) is 19.4 Å². The number of halogens is 1. The van der Waals surface area contributed by atoms with Crippen LogP contribution in [0, 0.1) is 5.82 Å². The van der Waals surface area contributed by atoms with E-state index in [2.05, 4.69) is 10.0 Å². The Balaban J connectivity index is 1.66. The number of sulfonamides is 1. The van der Waals surface area contributed by atoms with E-state index in [1.54, 1.807) is 13.8 Å². The topological polar surface area (TPSA) is 105 Å². The number of likely N-dealkylation sites (N-methyl/N-ethyl adjacent to an activating group) is 1. The molecule has 0 aromatic heterocycles. The predicted molar refractivity (Wildman–Crippen MR) is 134 cm³/mol. The van der Waals surface area contributed by atoms with Crippen molar-refractivity contribution in [3.05, 3.63) is 90.2 Å². The number of carbonyl (C=O) groups excluding carboxylic acids is 2. The summed E-state index contributed by atoms with van der Waals surface area (Å²) in [6, 6.07) is 19.1. The molecule has 0 aliphatic heterocycles. The van der Waals surface area contributed by atoms with Crippen LogP contribution in [0.5, 0.6) is 5.75 Å². The smallest absolute Gasteiger partial charge is 0.261 e. The Kier molecular flexibility index (Phi) is 9.02. The number of rotatable bonds is 11. The lowest BCUT2D eigenvalue weighted by molar-refractivity contribution is -0.142. The SMILES string of the molecule is CCNC(=O)[C@@H](C)N(Cc1ccccc1)C(=O)COc1ccc(S(=O)(=O)Nc2ccc(F)cc2)cc1. The van der Waals surface area contributed by atoms with Gasteiger partial charge in [0.15, 0.2) is 6.61 Å². The van der Waals surface area contributed by atoms with Gasteiger partial charge in [-0.2, -0.15) is 0 Å². The van der Waals surface area contributed by atoms with Gasteiger partial charge < -0.3 is 15.0 Å². The second kappa shape index (κ2) is 12.2. The van der Waals surface area contributed by atoms with Crippen molar-refractivity contribution in [2.24, 2.45) is 0 Å². The molecule has 0 aliphatic rings. The number of hydrogen-bond donors (Lipinski definition) is 2. The molecule has 0 saturated heterocycles. The zero-order valence-corrected chi connectivity index (χ0v) is 20.8. The summed E-state index contributed by atoms with van der Waals surface area (Å²) in [5.74, 6) is -0.858. The first-order valence-corrected chi connectivity index (χ1v) is 12.8. The van der Waals surface area contributed by atoms with Gasteiger partial charge in [0.1, 0.15) is 17.6 Å². The number of nitrogens with zero attached hydrogens (tertiary/aromatic N) is 1. The van der Waals surface area contributed by atoms with E-state index in [-0.39, 0.29) is 35.4 Å². The molecule has 0 bridgehead atoms. The van der Waals surface area contributed by atoms with E-state index < -0.39 is 27.8 Å². The summed E-state index contributed by atoms with van der Waals surface area (Å²) in [5.41, 5.74) is 1.09. The minimum absolute atomic E-state index is 0.0268. The van der Waals surface area contributed by atoms with Crippen molar-refractivity contribution in [2.75, 3.05) is 17.9 Å². The molecular formula is C26H28FN3O5S. The number of nitrogens with one attached hydrogen (secondary N) is 2. The number of anilines is 1. The molecule has 0 heterocycles. The van der Waals surface area contributed by atoms with E-state index >= 15 is 0 Å². The van der Waals surface area contributed by atoms with Crippen LogP contribution >= 0.6 is 0 Å². The summed E-state index contributed by atoms with van der Waals surface area (Å²) >= 11 is 0. The zero-order chi connectivity index (χ0) is 26.1. The van der Waals surface area contributed by atoms with Crippen LogP contribution in [0.25, 0.3) is 0 Å². The first kappa shape index (κ1) is 26.7. The molecule has 0 saturated carbocycles. The highest BCUT2D eigenvalue weighted by Gasteiger charge is 2.26. The molecule has 0 radical (unpaired) electrons. The standard InChI is InChI=1S/C26H28FN3O5S/c1-3-28-26(32)19(2)30(17-20-7-5-4-6-8-20)25(31)18-35-23-13-15-24(16-14-23)36(33,34)29-22-11-9-21(27)10-12-22/h4-16,19,29H,3,17-18H2,1-2H3,(H,28,32)/t19-/m1/s1. The Labute approximate surface area is 210 Å². The lowest BCUT2D eigenvalue weighted by Gasteiger charge is -2.28. The van der Waals surface area contributed by atoms with Crippen LogP contribution < -0.4 is 14.8 Å². The van der Waals surface area contributed by atoms with Gasteiger partial charge in [-0.3, -0.25) is 14.3 Å². The fourth-order valence-corrected chi connectivity index (χ4v) is 4.42. The van der Waals surface area contributed by atoms with Crippen LogP contribution in [-0.2, 0) is 26.2 Å². The summed E-state index contributed by atoms with van der Waals surface area (Å²) in [7, 11) is -3.90. The first-order chi connectivity index (χ1) is 17.2. The largest absolute Gasteiger partial charge is 0.484 e. The summed E-state index contributed by atoms with van der Waals surface area (Å²) in [6.07, 6.45) is 0. The van der Waals surface area contributed by atoms with E-state index in [1.165, 1.54) is 41.3 Å². The summed E-state index contributed by atoms with van der Waals surface area (Å²) in [5, 5.41) is 2.73. The summed E-state index contributed by atoms with van der Waals surface area (Å²) in [6.45, 7) is 3.79. The van der Waals surface area contributed by atoms with E-state index in [1.807, 2.05) is 30.3 Å². The van der Waals surface area contributed by atoms with Crippen LogP contribution in [0.2, 0.25) is 0 Å². The normalized spacial score (nSPS) is 11.9. The molecule has 3 aromatic rings. The predicted octanol–water partition coefficient (Wildman–Crippen LogP) is 3.56. The molecule has 10 heteroatoms. The van der Waals surface area contributed by atoms with Crippen molar-refractivity contribution in [2.45, 2.75) is 31.3 Å². The van der Waals surface area contributed by atoms with Gasteiger partial charge >= 0.3 is 0 Å². The van der Waals surface area contributed by atoms with E-state index in [0.717, 1.165) is 17.7 Å². The molecule has 3 aromatic carbocycles. The van der Waals surface area contributed by atoms with Gasteiger partial charge in [-0.05, 0) is 67.9 Å². The molecule has 8 nitrogen and oxygen atoms in total. The van der Waals surface area contributed by atoms with Gasteiger partial charge in [0.25, 0.3) is 15.9 Å². The Morgan fingerprint density at radius 1 is 0.972 bits per heavy atom. The molecule has 36 heavy (non-hydrogen) atoms. The molecule has 0 fully saturated rings. The molecule has 190 valence electrons. The molecule has 3 rings (SSSR count). The molecule has 2 N–H and O–H groups in total. The third-order valence-electron chi connectivity index (χ3n) is 5.31. The monoisotopic (exact) mass is 513 g/mol. The molecule has 0 spiro atoms. The molecular weight excluding hydrogens is 485 g/mol. The maximum absolute atomic E-state index is 13.1. The van der Waals surface area contributed by atoms with Crippen LogP contribution in [-0.4, -0.2) is 44.3 Å². The van der Waals surface area contributed by atoms with Crippen LogP contribution in [0.3, 0.4) is 0 Å². The molecule has 0 aliphatic carbocycles. The number of hydrogen-bond acceptors (Lipinski definition) is 5. The Bertz CT molecular complexity index is 1270. The third-order valence-corrected chi connectivity index (χ3v) is 6.70. The van der Waals surface area contributed by atoms with Crippen LogP contribution in [0.4, 0.5) is 10.1 Å². The minimum atomic E-state index is -3.90. The maximum atomic E-state index is 13.1. The second-order valence-electron chi connectivity index (χ2n) is 7.95. The lowest BCUT2D eigenvalue weighted by Crippen LogP contribution is -2.49. The summed E-state index contributed by atoms with van der Waals surface area (Å²) in [4.78, 5) is 26.8. The van der Waals surface area contributed by atoms with Gasteiger partial charge in [0.05, 0.1) is 4.90 Å². The van der Waals surface area contributed by atoms with Gasteiger partial charge in [0.2, 0.25) is 5.91 Å². The highest BCUT2D eigenvalue weighted by Crippen LogP contribution is 2.20. The average molecular weight is 514 g/mol. The lowest BCUT2D eigenvalue weighted by atomic mass is 10.1. The molecule has 0 unspecified atom stereocenters. The minimum Gasteiger partial charge on any atom is -0.484 e. The Morgan fingerprint density at radius 2 is 1.61 bits per heavy atom. The fraction of sp³-hybridized carbons (Fsp3) is 0.231. The Morgan fingerprint density at radius 3 is 2.22 bits per heavy atom. The van der Waals surface area contributed by atoms with Gasteiger partial charge in [-0.25, -0.2) is 12.8 Å². The van der Waals surface area contributed by atoms with E-state index in [9.17, 15) is 22.4 Å². The number of ether oxygens (including phenoxy) is 1. The fourth-order valence-electron chi connectivity index (χ4n) is 3.36. The average Bonchev–Trinajstić information content (AvgIpc) is 2.87. The molecule has 1 atom stereocenters.